The van der Waals surface area contributed by atoms with Crippen LogP contribution in [-0.2, 0) is 14.8 Å². The molecule has 2 aromatic heterocycles. The molecule has 1 fully saturated rings. The van der Waals surface area contributed by atoms with Crippen LogP contribution in [0.3, 0.4) is 0 Å². The van der Waals surface area contributed by atoms with Crippen molar-refractivity contribution in [1.29, 1.82) is 0 Å². The lowest BCUT2D eigenvalue weighted by Gasteiger charge is -2.30. The molecule has 0 saturated carbocycles. The zero-order valence-electron chi connectivity index (χ0n) is 15.9. The van der Waals surface area contributed by atoms with Crippen molar-refractivity contribution in [3.8, 4) is 0 Å². The molecule has 8 nitrogen and oxygen atoms in total. The Morgan fingerprint density at radius 3 is 2.74 bits per heavy atom. The standard InChI is InChI=1S/C17H24N4O4S2/c1-10(2)14-9-26-17(18-14)19-16(22)13-6-5-7-21(8-13)27(23,24)15-11(3)20-25-12(15)4/h9-10,13H,5-8H2,1-4H3,(H,18,19,22)/t13-/m0/s1. The molecule has 1 N–H and O–H groups in total. The molecule has 2 aromatic rings. The molecule has 3 heterocycles. The summed E-state index contributed by atoms with van der Waals surface area (Å²) in [6, 6.07) is 0. The third kappa shape index (κ3) is 4.07. The van der Waals surface area contributed by atoms with Gasteiger partial charge in [0.05, 0.1) is 11.6 Å². The van der Waals surface area contributed by atoms with Gasteiger partial charge in [0.15, 0.2) is 10.9 Å². The molecular formula is C17H24N4O4S2. The molecule has 0 aromatic carbocycles. The summed E-state index contributed by atoms with van der Waals surface area (Å²) in [4.78, 5) is 17.2. The molecule has 0 spiro atoms. The van der Waals surface area contributed by atoms with Gasteiger partial charge in [0.25, 0.3) is 0 Å². The fourth-order valence-corrected chi connectivity index (χ4v) is 5.85. The molecule has 27 heavy (non-hydrogen) atoms. The summed E-state index contributed by atoms with van der Waals surface area (Å²) in [7, 11) is -3.74. The second-order valence-corrected chi connectivity index (χ2v) is 9.81. The Balaban J connectivity index is 1.72. The van der Waals surface area contributed by atoms with Gasteiger partial charge in [-0.2, -0.15) is 4.31 Å². The van der Waals surface area contributed by atoms with Gasteiger partial charge in [-0.1, -0.05) is 19.0 Å². The summed E-state index contributed by atoms with van der Waals surface area (Å²) in [5, 5.41) is 9.05. The van der Waals surface area contributed by atoms with Gasteiger partial charge in [-0.05, 0) is 32.6 Å². The van der Waals surface area contributed by atoms with Gasteiger partial charge < -0.3 is 9.84 Å². The molecular weight excluding hydrogens is 388 g/mol. The summed E-state index contributed by atoms with van der Waals surface area (Å²) in [6.07, 6.45) is 1.26. The first-order valence-corrected chi connectivity index (χ1v) is 11.2. The van der Waals surface area contributed by atoms with Gasteiger partial charge >= 0.3 is 0 Å². The Hall–Kier alpha value is -1.78. The first-order chi connectivity index (χ1) is 12.7. The van der Waals surface area contributed by atoms with Crippen LogP contribution < -0.4 is 5.32 Å². The minimum absolute atomic E-state index is 0.102. The van der Waals surface area contributed by atoms with E-state index in [2.05, 4.69) is 15.5 Å². The molecule has 0 radical (unpaired) electrons. The molecule has 148 valence electrons. The number of anilines is 1. The Kier molecular flexibility index (Phi) is 5.68. The monoisotopic (exact) mass is 412 g/mol. The highest BCUT2D eigenvalue weighted by atomic mass is 32.2. The number of hydrogen-bond donors (Lipinski definition) is 1. The van der Waals surface area contributed by atoms with Crippen LogP contribution in [0.25, 0.3) is 0 Å². The summed E-state index contributed by atoms with van der Waals surface area (Å²) in [6.45, 7) is 7.78. The molecule has 1 amide bonds. The zero-order chi connectivity index (χ0) is 19.8. The fraction of sp³-hybridized carbons (Fsp3) is 0.588. The first-order valence-electron chi connectivity index (χ1n) is 8.89. The van der Waals surface area contributed by atoms with Crippen LogP contribution in [0.5, 0.6) is 0 Å². The van der Waals surface area contributed by atoms with E-state index >= 15 is 0 Å². The summed E-state index contributed by atoms with van der Waals surface area (Å²) < 4.78 is 32.3. The van der Waals surface area contributed by atoms with Crippen molar-refractivity contribution in [2.24, 2.45) is 5.92 Å². The van der Waals surface area contributed by atoms with Crippen molar-refractivity contribution in [3.05, 3.63) is 22.5 Å². The van der Waals surface area contributed by atoms with E-state index in [1.54, 1.807) is 13.8 Å². The van der Waals surface area contributed by atoms with Crippen LogP contribution >= 0.6 is 11.3 Å². The van der Waals surface area contributed by atoms with E-state index in [4.69, 9.17) is 4.52 Å². The predicted molar refractivity (Wildman–Crippen MR) is 102 cm³/mol. The maximum atomic E-state index is 13.0. The topological polar surface area (TPSA) is 105 Å². The van der Waals surface area contributed by atoms with E-state index in [0.29, 0.717) is 30.2 Å². The number of piperidine rings is 1. The highest BCUT2D eigenvalue weighted by molar-refractivity contribution is 7.89. The van der Waals surface area contributed by atoms with E-state index in [1.165, 1.54) is 15.6 Å². The molecule has 1 atom stereocenters. The van der Waals surface area contributed by atoms with Gasteiger partial charge in [0, 0.05) is 18.5 Å². The number of nitrogens with zero attached hydrogens (tertiary/aromatic N) is 3. The lowest BCUT2D eigenvalue weighted by molar-refractivity contribution is -0.120. The van der Waals surface area contributed by atoms with Crippen LogP contribution in [0, 0.1) is 19.8 Å². The quantitative estimate of drug-likeness (QED) is 0.809. The van der Waals surface area contributed by atoms with Gasteiger partial charge in [-0.25, -0.2) is 13.4 Å². The lowest BCUT2D eigenvalue weighted by atomic mass is 9.99. The van der Waals surface area contributed by atoms with Crippen LogP contribution in [0.2, 0.25) is 0 Å². The summed E-state index contributed by atoms with van der Waals surface area (Å²) in [5.74, 6) is -0.0564. The lowest BCUT2D eigenvalue weighted by Crippen LogP contribution is -2.43. The van der Waals surface area contributed by atoms with Crippen molar-refractivity contribution in [2.45, 2.75) is 51.3 Å². The van der Waals surface area contributed by atoms with E-state index in [-0.39, 0.29) is 29.0 Å². The molecule has 1 aliphatic heterocycles. The third-order valence-electron chi connectivity index (χ3n) is 4.66. The van der Waals surface area contributed by atoms with Gasteiger partial charge in [0.2, 0.25) is 15.9 Å². The van der Waals surface area contributed by atoms with Crippen molar-refractivity contribution in [2.75, 3.05) is 18.4 Å². The maximum Gasteiger partial charge on any atom is 0.248 e. The molecule has 0 aliphatic carbocycles. The summed E-state index contributed by atoms with van der Waals surface area (Å²) >= 11 is 1.38. The predicted octanol–water partition coefficient (Wildman–Crippen LogP) is 2.91. The molecule has 0 unspecified atom stereocenters. The normalized spacial score (nSPS) is 18.8. The maximum absolute atomic E-state index is 13.0. The number of amides is 1. The highest BCUT2D eigenvalue weighted by Gasteiger charge is 2.36. The minimum atomic E-state index is -3.74. The Morgan fingerprint density at radius 1 is 1.41 bits per heavy atom. The second-order valence-electron chi connectivity index (χ2n) is 7.08. The van der Waals surface area contributed by atoms with Crippen LogP contribution in [0.15, 0.2) is 14.8 Å². The molecule has 1 aliphatic rings. The first kappa shape index (κ1) is 20.0. The molecule has 0 bridgehead atoms. The number of nitrogens with one attached hydrogen (secondary N) is 1. The number of aryl methyl sites for hydroxylation is 2. The Bertz CT molecular complexity index is 913. The number of rotatable bonds is 5. The van der Waals surface area contributed by atoms with E-state index in [1.807, 2.05) is 19.2 Å². The number of thiazole rings is 1. The molecule has 3 rings (SSSR count). The van der Waals surface area contributed by atoms with Crippen molar-refractivity contribution >= 4 is 32.4 Å². The average Bonchev–Trinajstić information content (AvgIpc) is 3.22. The zero-order valence-corrected chi connectivity index (χ0v) is 17.5. The number of carbonyl (C=O) groups excluding carboxylic acids is 1. The van der Waals surface area contributed by atoms with Gasteiger partial charge in [-0.3, -0.25) is 4.79 Å². The fourth-order valence-electron chi connectivity index (χ4n) is 3.16. The van der Waals surface area contributed by atoms with Crippen LogP contribution in [0.4, 0.5) is 5.13 Å². The Morgan fingerprint density at radius 2 is 2.15 bits per heavy atom. The van der Waals surface area contributed by atoms with E-state index in [9.17, 15) is 13.2 Å². The summed E-state index contributed by atoms with van der Waals surface area (Å²) in [5.41, 5.74) is 1.27. The van der Waals surface area contributed by atoms with Crippen molar-refractivity contribution in [3.63, 3.8) is 0 Å². The molecule has 1 saturated heterocycles. The van der Waals surface area contributed by atoms with Crippen LogP contribution in [-0.4, -0.2) is 41.9 Å². The van der Waals surface area contributed by atoms with Gasteiger partial charge in [-0.15, -0.1) is 11.3 Å². The average molecular weight is 413 g/mol. The van der Waals surface area contributed by atoms with Gasteiger partial charge in [0.1, 0.15) is 10.6 Å². The number of aromatic nitrogens is 2. The van der Waals surface area contributed by atoms with E-state index < -0.39 is 15.9 Å². The third-order valence-corrected chi connectivity index (χ3v) is 7.55. The SMILES string of the molecule is Cc1noc(C)c1S(=O)(=O)N1CCC[C@H](C(=O)Nc2nc(C(C)C)cs2)C1. The smallest absolute Gasteiger partial charge is 0.248 e. The number of sulfonamides is 1. The number of carbonyl (C=O) groups is 1. The van der Waals surface area contributed by atoms with Crippen molar-refractivity contribution in [1.82, 2.24) is 14.4 Å². The molecule has 10 heteroatoms. The van der Waals surface area contributed by atoms with E-state index in [0.717, 1.165) is 5.69 Å². The minimum Gasteiger partial charge on any atom is -0.360 e. The van der Waals surface area contributed by atoms with Crippen molar-refractivity contribution < 1.29 is 17.7 Å². The second kappa shape index (κ2) is 7.69. The highest BCUT2D eigenvalue weighted by Crippen LogP contribution is 2.29. The number of hydrogen-bond acceptors (Lipinski definition) is 7. The largest absolute Gasteiger partial charge is 0.360 e. The Labute approximate surface area is 163 Å². The van der Waals surface area contributed by atoms with Crippen LogP contribution in [0.1, 0.15) is 49.8 Å².